The Morgan fingerprint density at radius 2 is 1.09 bits per heavy atom. The van der Waals surface area contributed by atoms with Crippen LogP contribution in [0.5, 0.6) is 23.3 Å². The Labute approximate surface area is 514 Å². The highest BCUT2D eigenvalue weighted by Gasteiger charge is 2.66. The van der Waals surface area contributed by atoms with E-state index in [1.54, 1.807) is 62.4 Å². The van der Waals surface area contributed by atoms with E-state index in [0.29, 0.717) is 12.4 Å². The lowest BCUT2D eigenvalue weighted by Gasteiger charge is -2.28. The van der Waals surface area contributed by atoms with Crippen molar-refractivity contribution in [3.05, 3.63) is 73.3 Å². The molecule has 2 aliphatic rings. The molecule has 2 fully saturated rings. The maximum Gasteiger partial charge on any atom is 0.459 e. The van der Waals surface area contributed by atoms with Gasteiger partial charge in [-0.2, -0.15) is 25.0 Å². The summed E-state index contributed by atoms with van der Waals surface area (Å²) in [4.78, 5) is 48.5. The first-order valence-corrected chi connectivity index (χ1v) is 31.6. The molecule has 0 spiro atoms. The smallest absolute Gasteiger partial charge is 0.459 e. The number of nitrogen functional groups attached to an aromatic ring is 2. The Balaban J connectivity index is 0.000000235. The second-order valence-electron chi connectivity index (χ2n) is 23.2. The Morgan fingerprint density at radius 3 is 1.48 bits per heavy atom. The summed E-state index contributed by atoms with van der Waals surface area (Å²) in [7, 11) is -4.61. The number of ether oxygens (including phenoxy) is 6. The van der Waals surface area contributed by atoms with Crippen LogP contribution in [-0.4, -0.2) is 153 Å². The zero-order valence-corrected chi connectivity index (χ0v) is 53.3. The third-order valence-electron chi connectivity index (χ3n) is 12.6. The number of esters is 2. The minimum Gasteiger partial charge on any atom is -0.476 e. The number of carbonyl (C=O) groups excluding carboxylic acids is 2. The van der Waals surface area contributed by atoms with Gasteiger partial charge < -0.3 is 64.3 Å². The number of halogens is 5. The molecule has 6 aromatic rings. The van der Waals surface area contributed by atoms with Gasteiger partial charge in [0.1, 0.15) is 48.0 Å². The number of aliphatic hydroxyl groups excluding tert-OH is 1. The van der Waals surface area contributed by atoms with Crippen molar-refractivity contribution in [2.45, 2.75) is 143 Å². The summed E-state index contributed by atoms with van der Waals surface area (Å²) in [6, 6.07) is 14.2. The first-order chi connectivity index (χ1) is 41.3. The summed E-state index contributed by atoms with van der Waals surface area (Å²) >= 11 is 5.81. The van der Waals surface area contributed by atoms with Crippen LogP contribution >= 0.6 is 25.9 Å². The number of imidazole rings is 2. The summed E-state index contributed by atoms with van der Waals surface area (Å²) in [5.41, 5.74) is 6.49. The number of alkyl halides is 4. The molecule has 0 amide bonds. The van der Waals surface area contributed by atoms with Crippen molar-refractivity contribution in [3.63, 3.8) is 0 Å². The Morgan fingerprint density at radius 1 is 0.697 bits per heavy atom. The van der Waals surface area contributed by atoms with E-state index in [-0.39, 0.29) is 82.4 Å². The topological polar surface area (TPSA) is 375 Å². The molecule has 492 valence electrons. The fraction of sp³-hybridized carbons (Fsp3) is 0.556. The molecule has 0 bridgehead atoms. The number of nitrogens with zero attached hydrogens (tertiary/aromatic N) is 8. The van der Waals surface area contributed by atoms with Crippen LogP contribution < -0.4 is 40.2 Å². The van der Waals surface area contributed by atoms with Crippen molar-refractivity contribution in [1.29, 1.82) is 0 Å². The van der Waals surface area contributed by atoms with Gasteiger partial charge in [0.05, 0.1) is 39.1 Å². The van der Waals surface area contributed by atoms with E-state index in [0.717, 1.165) is 29.3 Å². The molecule has 2 saturated heterocycles. The number of aromatic nitrogens is 8. The molecule has 35 heteroatoms. The number of rotatable bonds is 22. The van der Waals surface area contributed by atoms with E-state index in [9.17, 15) is 37.7 Å². The molecule has 9 N–H and O–H groups in total. The predicted octanol–water partition coefficient (Wildman–Crippen LogP) is 7.92. The minimum atomic E-state index is -4.61. The number of nitrogens with two attached hydrogens (primary N) is 2. The number of anilines is 2. The van der Waals surface area contributed by atoms with Crippen LogP contribution in [0.25, 0.3) is 22.3 Å². The second kappa shape index (κ2) is 28.3. The molecule has 2 unspecified atom stereocenters. The number of benzene rings is 2. The van der Waals surface area contributed by atoms with Crippen LogP contribution in [0.15, 0.2) is 73.3 Å². The highest BCUT2D eigenvalue weighted by atomic mass is 35.7. The second-order valence-corrected chi connectivity index (χ2v) is 27.7. The molecule has 28 nitrogen and oxygen atoms in total. The van der Waals surface area contributed by atoms with E-state index in [1.165, 1.54) is 32.3 Å². The number of nitrogens with one attached hydrogen (secondary N) is 2. The maximum absolute atomic E-state index is 16.2. The van der Waals surface area contributed by atoms with Crippen molar-refractivity contribution in [2.75, 3.05) is 51.1 Å². The third kappa shape index (κ3) is 17.9. The quantitative estimate of drug-likeness (QED) is 0.0193. The average molecular weight is 1320 g/mol. The molecule has 4 aromatic heterocycles. The highest BCUT2D eigenvalue weighted by Crippen LogP contribution is 2.53. The van der Waals surface area contributed by atoms with Crippen molar-refractivity contribution in [3.8, 4) is 23.3 Å². The first kappa shape index (κ1) is 71.5. The molecule has 6 heterocycles. The SMILES string of the molecule is CCOc1nc(N)nc2c1ncn2[C@@H]1O[C@](F)(CO)[C@@H](F)[C@@]1(C)O.CCOc1nc(N)nc2c1ncn2[C@@H]1O[C@](F)(COP(=O)(N[C@@H](C)C(=O)OCC(C)(C)C)Oc2ccccc2)[C@@H](F)[C@@]1(C)O.C[C@H](NP(=O)(Cl)Oc1ccccc1)C(=O)OCC(C)(C)C. The molecule has 2 aromatic carbocycles. The van der Waals surface area contributed by atoms with Crippen LogP contribution in [0.3, 0.4) is 0 Å². The largest absolute Gasteiger partial charge is 0.476 e. The molecule has 8 rings (SSSR count). The van der Waals surface area contributed by atoms with E-state index in [4.69, 9.17) is 69.8 Å². The van der Waals surface area contributed by atoms with Crippen LogP contribution in [0.1, 0.15) is 95.5 Å². The third-order valence-corrected chi connectivity index (χ3v) is 15.8. The lowest BCUT2D eigenvalue weighted by molar-refractivity contribution is -0.196. The van der Waals surface area contributed by atoms with Gasteiger partial charge in [0.15, 0.2) is 47.1 Å². The fourth-order valence-corrected chi connectivity index (χ4v) is 11.5. The minimum absolute atomic E-state index is 0.0223. The monoisotopic (exact) mass is 1320 g/mol. The number of hydrogen-bond acceptors (Lipinski definition) is 24. The Kier molecular flexibility index (Phi) is 22.7. The Bertz CT molecular complexity index is 3480. The van der Waals surface area contributed by atoms with Gasteiger partial charge in [0.2, 0.25) is 23.7 Å². The van der Waals surface area contributed by atoms with Crippen molar-refractivity contribution < 1.29 is 93.6 Å². The van der Waals surface area contributed by atoms with Crippen molar-refractivity contribution >= 4 is 72.0 Å². The van der Waals surface area contributed by atoms with E-state index in [2.05, 4.69) is 40.1 Å². The van der Waals surface area contributed by atoms with Crippen LogP contribution in [0, 0.1) is 10.8 Å². The van der Waals surface area contributed by atoms with Gasteiger partial charge in [-0.3, -0.25) is 23.2 Å². The van der Waals surface area contributed by atoms with Gasteiger partial charge in [-0.05, 0) is 76.6 Å². The molecular formula is C54H75ClF4N12O16P2. The lowest BCUT2D eigenvalue weighted by Crippen LogP contribution is -2.46. The van der Waals surface area contributed by atoms with Gasteiger partial charge in [0, 0.05) is 11.2 Å². The Hall–Kier alpha value is -6.57. The van der Waals surface area contributed by atoms with Gasteiger partial charge >= 0.3 is 26.6 Å². The number of aliphatic hydroxyl groups is 3. The molecule has 89 heavy (non-hydrogen) atoms. The van der Waals surface area contributed by atoms with E-state index >= 15 is 8.78 Å². The van der Waals surface area contributed by atoms with Crippen molar-refractivity contribution in [1.82, 2.24) is 49.2 Å². The summed E-state index contributed by atoms with van der Waals surface area (Å²) in [6.45, 7) is 14.4. The first-order valence-electron chi connectivity index (χ1n) is 27.6. The molecule has 0 radical (unpaired) electrons. The maximum atomic E-state index is 16.2. The summed E-state index contributed by atoms with van der Waals surface area (Å²) < 4.78 is 136. The van der Waals surface area contributed by atoms with Crippen LogP contribution in [-0.2, 0) is 42.2 Å². The van der Waals surface area contributed by atoms with Gasteiger partial charge in [-0.15, -0.1) is 0 Å². The van der Waals surface area contributed by atoms with Crippen molar-refractivity contribution in [2.24, 2.45) is 10.8 Å². The van der Waals surface area contributed by atoms with Crippen LogP contribution in [0.4, 0.5) is 29.5 Å². The van der Waals surface area contributed by atoms with Gasteiger partial charge in [-0.25, -0.2) is 41.7 Å². The summed E-state index contributed by atoms with van der Waals surface area (Å²) in [5.74, 6) is -7.54. The average Bonchev–Trinajstić information content (AvgIpc) is 1.62. The fourth-order valence-electron chi connectivity index (χ4n) is 8.31. The van der Waals surface area contributed by atoms with Gasteiger partial charge in [0.25, 0.3) is 11.7 Å². The molecule has 0 saturated carbocycles. The molecule has 12 atom stereocenters. The number of carbonyl (C=O) groups is 2. The van der Waals surface area contributed by atoms with E-state index in [1.807, 2.05) is 41.5 Å². The zero-order valence-electron chi connectivity index (χ0n) is 50.8. The number of para-hydroxylation sites is 2. The lowest BCUT2D eigenvalue weighted by atomic mass is 9.97. The standard InChI is InChI=1S/C27H37F2N6O8P.C14H21ClNO4P.C13H17F2N5O4/c1-7-39-20-18-19(32-24(30)33-20)35(15-31-18)23-26(6,37)22(28)27(29,42-23)14-41-44(38,43-17-11-9-8-10-12-17)34-16(2)21(36)40-13-25(3,4)5;1-11(13(17)19-10-14(2,3)4)16-21(15,18)20-12-8-6-5-7-9-12;1-3-23-8-6-7(18-11(16)19-8)20(5-17-6)10-12(2,22)9(14)13(15,4-21)24-10/h8-12,15-16,22-23,37H,7,13-14H2,1-6H3,(H,34,38)(H2,30,32,33);5-9,11H,10H2,1-4H3,(H,16,18);5,9-10,21-22H,3-4H2,1-2H3,(H2,16,18,19)/t16-,22-,23+,26+,27+,44?;11-,21?;9-,10+,12+,13+/m000/s1. The molecule has 0 aliphatic carbocycles. The number of fused-ring (bicyclic) bond motifs is 2. The van der Waals surface area contributed by atoms with Crippen LogP contribution in [0.2, 0.25) is 0 Å². The number of hydrogen-bond donors (Lipinski definition) is 7. The van der Waals surface area contributed by atoms with E-state index < -0.39 is 99.6 Å². The molecular weight excluding hydrogens is 1250 g/mol. The predicted molar refractivity (Wildman–Crippen MR) is 315 cm³/mol. The van der Waals surface area contributed by atoms with Gasteiger partial charge in [-0.1, -0.05) is 77.9 Å². The summed E-state index contributed by atoms with van der Waals surface area (Å²) in [6.07, 6.45) is -6.18. The highest BCUT2D eigenvalue weighted by molar-refractivity contribution is 7.84. The molecule has 2 aliphatic heterocycles. The summed E-state index contributed by atoms with van der Waals surface area (Å²) in [5, 5.41) is 35.4. The normalized spacial score (nSPS) is 25.5. The zero-order chi connectivity index (χ0) is 66.3.